The van der Waals surface area contributed by atoms with Crippen LogP contribution >= 0.6 is 11.6 Å². The molecule has 5 heteroatoms. The second-order valence-corrected chi connectivity index (χ2v) is 4.90. The zero-order valence-electron chi connectivity index (χ0n) is 11.6. The predicted molar refractivity (Wildman–Crippen MR) is 81.0 cm³/mol. The monoisotopic (exact) mass is 326 g/mol. The van der Waals surface area contributed by atoms with E-state index in [1.807, 2.05) is 48.5 Å². The van der Waals surface area contributed by atoms with E-state index in [0.29, 0.717) is 13.2 Å². The largest absolute Gasteiger partial charge is 1.00 e. The molecule has 21 heavy (non-hydrogen) atoms. The van der Waals surface area contributed by atoms with Crippen LogP contribution in [-0.4, -0.2) is 18.3 Å². The summed E-state index contributed by atoms with van der Waals surface area (Å²) < 4.78 is 5.71. The van der Waals surface area contributed by atoms with Gasteiger partial charge >= 0.3 is 0 Å². The van der Waals surface area contributed by atoms with E-state index >= 15 is 0 Å². The van der Waals surface area contributed by atoms with Gasteiger partial charge in [0.2, 0.25) is 0 Å². The Morgan fingerprint density at radius 3 is 2.19 bits per heavy atom. The van der Waals surface area contributed by atoms with Crippen molar-refractivity contribution in [2.45, 2.75) is 13.2 Å². The first-order chi connectivity index (χ1) is 9.78. The molecular formula is C16H18Cl2NO2-. The summed E-state index contributed by atoms with van der Waals surface area (Å²) in [6, 6.07) is 15.6. The molecule has 0 saturated carbocycles. The van der Waals surface area contributed by atoms with E-state index in [4.69, 9.17) is 21.4 Å². The summed E-state index contributed by atoms with van der Waals surface area (Å²) in [6.45, 7) is 2.04. The summed E-state index contributed by atoms with van der Waals surface area (Å²) in [5, 5.41) is 12.6. The summed E-state index contributed by atoms with van der Waals surface area (Å²) in [4.78, 5) is 0. The number of aliphatic hydroxyl groups is 1. The first-order valence-corrected chi connectivity index (χ1v) is 6.93. The number of aliphatic hydroxyl groups excluding tert-OH is 1. The number of hydrogen-bond acceptors (Lipinski definition) is 3. The van der Waals surface area contributed by atoms with Crippen molar-refractivity contribution in [3.63, 3.8) is 0 Å². The highest BCUT2D eigenvalue weighted by Gasteiger charge is 1.98. The van der Waals surface area contributed by atoms with Crippen molar-refractivity contribution in [1.29, 1.82) is 0 Å². The lowest BCUT2D eigenvalue weighted by Crippen LogP contribution is -3.00. The van der Waals surface area contributed by atoms with E-state index in [9.17, 15) is 0 Å². The van der Waals surface area contributed by atoms with Gasteiger partial charge in [0.05, 0.1) is 6.61 Å². The van der Waals surface area contributed by atoms with Crippen LogP contribution in [0.25, 0.3) is 0 Å². The van der Waals surface area contributed by atoms with Gasteiger partial charge in [-0.2, -0.15) is 0 Å². The minimum atomic E-state index is 0. The Bertz CT molecular complexity index is 515. The van der Waals surface area contributed by atoms with Gasteiger partial charge < -0.3 is 27.6 Å². The number of rotatable bonds is 7. The minimum Gasteiger partial charge on any atom is -1.00 e. The summed E-state index contributed by atoms with van der Waals surface area (Å²) >= 11 is 5.84. The minimum absolute atomic E-state index is 0. The Morgan fingerprint density at radius 2 is 1.57 bits per heavy atom. The molecule has 2 aromatic rings. The fourth-order valence-electron chi connectivity index (χ4n) is 1.76. The van der Waals surface area contributed by atoms with Crippen LogP contribution in [0.5, 0.6) is 5.75 Å². The molecule has 2 N–H and O–H groups in total. The van der Waals surface area contributed by atoms with Gasteiger partial charge in [-0.25, -0.2) is 0 Å². The summed E-state index contributed by atoms with van der Waals surface area (Å²) in [7, 11) is 0. The molecule has 0 aliphatic rings. The number of benzene rings is 2. The van der Waals surface area contributed by atoms with Gasteiger partial charge in [-0.15, -0.1) is 0 Å². The van der Waals surface area contributed by atoms with E-state index < -0.39 is 0 Å². The van der Waals surface area contributed by atoms with Gasteiger partial charge in [0.15, 0.2) is 0 Å². The quantitative estimate of drug-likeness (QED) is 0.704. The molecular weight excluding hydrogens is 309 g/mol. The highest BCUT2D eigenvalue weighted by atomic mass is 35.5. The molecule has 2 aromatic carbocycles. The second kappa shape index (κ2) is 9.64. The van der Waals surface area contributed by atoms with Crippen molar-refractivity contribution in [2.75, 3.05) is 13.2 Å². The fraction of sp³-hybridized carbons (Fsp3) is 0.250. The average molecular weight is 327 g/mol. The van der Waals surface area contributed by atoms with E-state index in [-0.39, 0.29) is 19.0 Å². The maximum absolute atomic E-state index is 8.69. The van der Waals surface area contributed by atoms with Gasteiger partial charge in [0, 0.05) is 18.1 Å². The molecule has 0 fully saturated rings. The van der Waals surface area contributed by atoms with Crippen LogP contribution in [0, 0.1) is 0 Å². The van der Waals surface area contributed by atoms with Crippen molar-refractivity contribution in [3.05, 3.63) is 64.7 Å². The molecule has 2 rings (SSSR count). The maximum Gasteiger partial charge on any atom is 0.119 e. The molecule has 0 bridgehead atoms. The number of ether oxygens (including phenoxy) is 1. The molecule has 0 atom stereocenters. The maximum atomic E-state index is 8.69. The highest BCUT2D eigenvalue weighted by molar-refractivity contribution is 6.30. The third kappa shape index (κ3) is 6.36. The Hall–Kier alpha value is -1.26. The van der Waals surface area contributed by atoms with Crippen molar-refractivity contribution < 1.29 is 22.3 Å². The molecule has 0 aliphatic heterocycles. The summed E-state index contributed by atoms with van der Waals surface area (Å²) in [6.07, 6.45) is 0. The predicted octanol–water partition coefficient (Wildman–Crippen LogP) is 0.00490. The standard InChI is InChI=1S/C16H18ClNO2.ClH/c17-15-5-1-14(2-6-15)12-20-16-7-3-13(4-8-16)11-18-9-10-19;/h1-8,18-19H,9-12H2;1H/p-1. The van der Waals surface area contributed by atoms with E-state index in [1.165, 1.54) is 0 Å². The van der Waals surface area contributed by atoms with E-state index in [1.54, 1.807) is 0 Å². The van der Waals surface area contributed by atoms with Crippen LogP contribution in [0.4, 0.5) is 0 Å². The zero-order chi connectivity index (χ0) is 14.2. The fourth-order valence-corrected chi connectivity index (χ4v) is 1.89. The Labute approximate surface area is 136 Å². The van der Waals surface area contributed by atoms with Crippen molar-refractivity contribution in [2.24, 2.45) is 0 Å². The van der Waals surface area contributed by atoms with Crippen molar-refractivity contribution in [3.8, 4) is 5.75 Å². The van der Waals surface area contributed by atoms with Crippen LogP contribution in [0.3, 0.4) is 0 Å². The second-order valence-electron chi connectivity index (χ2n) is 4.46. The molecule has 0 aromatic heterocycles. The van der Waals surface area contributed by atoms with Crippen molar-refractivity contribution >= 4 is 11.6 Å². The van der Waals surface area contributed by atoms with Gasteiger partial charge in [-0.05, 0) is 35.4 Å². The average Bonchev–Trinajstić information content (AvgIpc) is 2.48. The van der Waals surface area contributed by atoms with E-state index in [2.05, 4.69) is 5.32 Å². The Morgan fingerprint density at radius 1 is 0.952 bits per heavy atom. The van der Waals surface area contributed by atoms with Crippen LogP contribution in [0.1, 0.15) is 11.1 Å². The molecule has 0 aliphatic carbocycles. The SMILES string of the molecule is OCCNCc1ccc(OCc2ccc(Cl)cc2)cc1.[Cl-]. The van der Waals surface area contributed by atoms with Crippen LogP contribution in [0.15, 0.2) is 48.5 Å². The molecule has 0 spiro atoms. The summed E-state index contributed by atoms with van der Waals surface area (Å²) in [5.74, 6) is 0.839. The Kier molecular flexibility index (Phi) is 8.16. The lowest BCUT2D eigenvalue weighted by molar-refractivity contribution is -0.00000541. The third-order valence-corrected chi connectivity index (χ3v) is 3.11. The van der Waals surface area contributed by atoms with Crippen molar-refractivity contribution in [1.82, 2.24) is 5.32 Å². The smallest absolute Gasteiger partial charge is 0.119 e. The molecule has 0 heterocycles. The number of halogens is 2. The first-order valence-electron chi connectivity index (χ1n) is 6.55. The van der Waals surface area contributed by atoms with Crippen LogP contribution in [-0.2, 0) is 13.2 Å². The lowest BCUT2D eigenvalue weighted by atomic mass is 10.2. The first kappa shape index (κ1) is 17.8. The topological polar surface area (TPSA) is 41.5 Å². The molecule has 0 unspecified atom stereocenters. The van der Waals surface area contributed by atoms with Crippen LogP contribution < -0.4 is 22.5 Å². The highest BCUT2D eigenvalue weighted by Crippen LogP contribution is 2.15. The Balaban J connectivity index is 0.00000220. The third-order valence-electron chi connectivity index (χ3n) is 2.86. The van der Waals surface area contributed by atoms with Gasteiger partial charge in [0.25, 0.3) is 0 Å². The molecule has 0 saturated heterocycles. The molecule has 0 amide bonds. The number of nitrogens with one attached hydrogen (secondary N) is 1. The molecule has 0 radical (unpaired) electrons. The zero-order valence-corrected chi connectivity index (χ0v) is 13.1. The normalized spacial score (nSPS) is 10.0. The van der Waals surface area contributed by atoms with Gasteiger partial charge in [0.1, 0.15) is 12.4 Å². The number of hydrogen-bond donors (Lipinski definition) is 2. The molecule has 3 nitrogen and oxygen atoms in total. The lowest BCUT2D eigenvalue weighted by Gasteiger charge is -2.08. The van der Waals surface area contributed by atoms with Gasteiger partial charge in [-0.3, -0.25) is 0 Å². The summed E-state index contributed by atoms with van der Waals surface area (Å²) in [5.41, 5.74) is 2.25. The van der Waals surface area contributed by atoms with Crippen LogP contribution in [0.2, 0.25) is 5.02 Å². The molecule has 114 valence electrons. The van der Waals surface area contributed by atoms with E-state index in [0.717, 1.165) is 28.4 Å². The van der Waals surface area contributed by atoms with Gasteiger partial charge in [-0.1, -0.05) is 35.9 Å².